The van der Waals surface area contributed by atoms with Crippen LogP contribution in [-0.4, -0.2) is 9.55 Å². The van der Waals surface area contributed by atoms with E-state index in [2.05, 4.69) is 60.0 Å². The molecular formula is C16H14N2. The molecule has 2 heteroatoms. The van der Waals surface area contributed by atoms with Crippen molar-refractivity contribution in [1.29, 1.82) is 0 Å². The molecule has 0 spiro atoms. The first-order chi connectivity index (χ1) is 8.84. The van der Waals surface area contributed by atoms with E-state index in [4.69, 9.17) is 4.98 Å². The minimum absolute atomic E-state index is 0.377. The summed E-state index contributed by atoms with van der Waals surface area (Å²) in [5, 5.41) is 0. The monoisotopic (exact) mass is 234 g/mol. The Hall–Kier alpha value is -2.09. The number of rotatable bonds is 0. The maximum atomic E-state index is 4.80. The average Bonchev–Trinajstić information content (AvgIpc) is 2.79. The summed E-state index contributed by atoms with van der Waals surface area (Å²) < 4.78 is 2.35. The lowest BCUT2D eigenvalue weighted by Crippen LogP contribution is -2.17. The van der Waals surface area contributed by atoms with Crippen molar-refractivity contribution < 1.29 is 0 Å². The van der Waals surface area contributed by atoms with E-state index in [1.165, 1.54) is 22.5 Å². The van der Waals surface area contributed by atoms with Crippen LogP contribution in [0.15, 0.2) is 48.5 Å². The van der Waals surface area contributed by atoms with Crippen molar-refractivity contribution in [3.8, 4) is 0 Å². The molecule has 18 heavy (non-hydrogen) atoms. The van der Waals surface area contributed by atoms with Crippen molar-refractivity contribution in [3.05, 3.63) is 65.5 Å². The van der Waals surface area contributed by atoms with Gasteiger partial charge in [0.15, 0.2) is 0 Å². The molecule has 1 aliphatic rings. The lowest BCUT2D eigenvalue weighted by molar-refractivity contribution is 0.656. The second-order valence-electron chi connectivity index (χ2n) is 4.97. The Morgan fingerprint density at radius 2 is 1.83 bits per heavy atom. The zero-order valence-electron chi connectivity index (χ0n) is 10.3. The van der Waals surface area contributed by atoms with Crippen molar-refractivity contribution in [3.63, 3.8) is 0 Å². The van der Waals surface area contributed by atoms with Gasteiger partial charge in [-0.2, -0.15) is 0 Å². The highest BCUT2D eigenvalue weighted by Gasteiger charge is 2.24. The van der Waals surface area contributed by atoms with E-state index in [0.29, 0.717) is 5.92 Å². The molecule has 1 aromatic heterocycles. The number of hydrogen-bond acceptors (Lipinski definition) is 1. The minimum atomic E-state index is 0.377. The Morgan fingerprint density at radius 3 is 2.78 bits per heavy atom. The first-order valence-corrected chi connectivity index (χ1v) is 6.37. The molecule has 4 rings (SSSR count). The van der Waals surface area contributed by atoms with Crippen LogP contribution in [0.4, 0.5) is 0 Å². The van der Waals surface area contributed by atoms with Crippen molar-refractivity contribution in [2.24, 2.45) is 0 Å². The molecule has 1 atom stereocenters. The van der Waals surface area contributed by atoms with Crippen LogP contribution in [0.1, 0.15) is 29.8 Å². The first kappa shape index (κ1) is 9.89. The summed E-state index contributed by atoms with van der Waals surface area (Å²) in [4.78, 5) is 4.80. The highest BCUT2D eigenvalue weighted by atomic mass is 15.1. The quantitative estimate of drug-likeness (QED) is 0.581. The molecule has 1 aliphatic heterocycles. The second kappa shape index (κ2) is 3.45. The standard InChI is InChI=1S/C16H14N2/c1-11-13-7-3-2-6-12(13)10-18-15-9-5-4-8-14(15)17-16(11)18/h2-9,11H,10H2,1H3. The summed E-state index contributed by atoms with van der Waals surface area (Å²) >= 11 is 0. The predicted octanol–water partition coefficient (Wildman–Crippen LogP) is 3.55. The third kappa shape index (κ3) is 1.20. The van der Waals surface area contributed by atoms with E-state index in [0.717, 1.165) is 12.1 Å². The van der Waals surface area contributed by atoms with Gasteiger partial charge in [0.1, 0.15) is 5.82 Å². The second-order valence-corrected chi connectivity index (χ2v) is 4.97. The van der Waals surface area contributed by atoms with E-state index in [1.807, 2.05) is 0 Å². The van der Waals surface area contributed by atoms with E-state index in [-0.39, 0.29) is 0 Å². The Kier molecular flexibility index (Phi) is 1.90. The lowest BCUT2D eigenvalue weighted by atomic mass is 9.92. The topological polar surface area (TPSA) is 17.8 Å². The zero-order chi connectivity index (χ0) is 12.1. The van der Waals surface area contributed by atoms with Crippen LogP contribution in [0.2, 0.25) is 0 Å². The largest absolute Gasteiger partial charge is 0.323 e. The molecule has 0 amide bonds. The normalized spacial score (nSPS) is 17.5. The highest BCUT2D eigenvalue weighted by molar-refractivity contribution is 5.76. The molecule has 2 aromatic carbocycles. The summed E-state index contributed by atoms with van der Waals surface area (Å²) in [5.74, 6) is 1.57. The molecule has 0 fully saturated rings. The molecule has 0 saturated carbocycles. The average molecular weight is 234 g/mol. The lowest BCUT2D eigenvalue weighted by Gasteiger charge is -2.24. The fourth-order valence-corrected chi connectivity index (χ4v) is 3.00. The van der Waals surface area contributed by atoms with Crippen LogP contribution >= 0.6 is 0 Å². The van der Waals surface area contributed by atoms with Crippen LogP contribution in [0.5, 0.6) is 0 Å². The molecule has 88 valence electrons. The van der Waals surface area contributed by atoms with Gasteiger partial charge in [-0.15, -0.1) is 0 Å². The van der Waals surface area contributed by atoms with Crippen molar-refractivity contribution in [2.75, 3.05) is 0 Å². The Morgan fingerprint density at radius 1 is 1.06 bits per heavy atom. The van der Waals surface area contributed by atoms with Gasteiger partial charge in [-0.05, 0) is 23.3 Å². The van der Waals surface area contributed by atoms with Crippen molar-refractivity contribution in [1.82, 2.24) is 9.55 Å². The van der Waals surface area contributed by atoms with Gasteiger partial charge in [0.05, 0.1) is 11.0 Å². The summed E-state index contributed by atoms with van der Waals surface area (Å²) in [6.45, 7) is 3.19. The third-order valence-corrected chi connectivity index (χ3v) is 3.92. The van der Waals surface area contributed by atoms with Gasteiger partial charge in [0, 0.05) is 12.5 Å². The maximum absolute atomic E-state index is 4.80. The molecule has 2 nitrogen and oxygen atoms in total. The minimum Gasteiger partial charge on any atom is -0.323 e. The van der Waals surface area contributed by atoms with Crippen LogP contribution in [0.25, 0.3) is 11.0 Å². The van der Waals surface area contributed by atoms with Crippen LogP contribution < -0.4 is 0 Å². The molecule has 0 radical (unpaired) electrons. The fourth-order valence-electron chi connectivity index (χ4n) is 3.00. The zero-order valence-corrected chi connectivity index (χ0v) is 10.3. The van der Waals surface area contributed by atoms with E-state index < -0.39 is 0 Å². The number of imidazole rings is 1. The molecule has 2 heterocycles. The van der Waals surface area contributed by atoms with Gasteiger partial charge in [-0.1, -0.05) is 43.3 Å². The molecule has 3 aromatic rings. The maximum Gasteiger partial charge on any atom is 0.117 e. The first-order valence-electron chi connectivity index (χ1n) is 6.37. The fraction of sp³-hybridized carbons (Fsp3) is 0.188. The van der Waals surface area contributed by atoms with Crippen molar-refractivity contribution >= 4 is 11.0 Å². The number of aromatic nitrogens is 2. The van der Waals surface area contributed by atoms with E-state index >= 15 is 0 Å². The highest BCUT2D eigenvalue weighted by Crippen LogP contribution is 2.34. The number of fused-ring (bicyclic) bond motifs is 4. The van der Waals surface area contributed by atoms with Gasteiger partial charge in [-0.25, -0.2) is 4.98 Å². The van der Waals surface area contributed by atoms with Crippen LogP contribution in [0, 0.1) is 0 Å². The summed E-state index contributed by atoms with van der Waals surface area (Å²) in [5.41, 5.74) is 5.18. The smallest absolute Gasteiger partial charge is 0.117 e. The van der Waals surface area contributed by atoms with Crippen molar-refractivity contribution in [2.45, 2.75) is 19.4 Å². The van der Waals surface area contributed by atoms with Gasteiger partial charge in [-0.3, -0.25) is 0 Å². The van der Waals surface area contributed by atoms with E-state index in [1.54, 1.807) is 0 Å². The molecule has 0 N–H and O–H groups in total. The Bertz CT molecular complexity index is 740. The number of hydrogen-bond donors (Lipinski definition) is 0. The van der Waals surface area contributed by atoms with Gasteiger partial charge < -0.3 is 4.57 Å². The molecule has 1 unspecified atom stereocenters. The Labute approximate surface area is 106 Å². The summed E-state index contributed by atoms with van der Waals surface area (Å²) in [6, 6.07) is 17.1. The summed E-state index contributed by atoms with van der Waals surface area (Å²) in [6.07, 6.45) is 0. The predicted molar refractivity (Wildman–Crippen MR) is 72.8 cm³/mol. The Balaban J connectivity index is 2.02. The molecule has 0 saturated heterocycles. The van der Waals surface area contributed by atoms with E-state index in [9.17, 15) is 0 Å². The van der Waals surface area contributed by atoms with Gasteiger partial charge >= 0.3 is 0 Å². The number of benzene rings is 2. The number of para-hydroxylation sites is 2. The molecule has 0 bridgehead atoms. The van der Waals surface area contributed by atoms with Gasteiger partial charge in [0.25, 0.3) is 0 Å². The van der Waals surface area contributed by atoms with Crippen LogP contribution in [-0.2, 0) is 6.54 Å². The molecule has 0 aliphatic carbocycles. The van der Waals surface area contributed by atoms with Crippen LogP contribution in [0.3, 0.4) is 0 Å². The van der Waals surface area contributed by atoms with Gasteiger partial charge in [0.2, 0.25) is 0 Å². The number of nitrogens with zero attached hydrogens (tertiary/aromatic N) is 2. The molecular weight excluding hydrogens is 220 g/mol. The summed E-state index contributed by atoms with van der Waals surface area (Å²) in [7, 11) is 0. The SMILES string of the molecule is CC1c2ccccc2Cn2c1nc1ccccc12. The third-order valence-electron chi connectivity index (χ3n) is 3.92.